The molecule has 2 rings (SSSR count). The Morgan fingerprint density at radius 1 is 1.07 bits per heavy atom. The van der Waals surface area contributed by atoms with Crippen molar-refractivity contribution in [3.05, 3.63) is 53.6 Å². The molecular weight excluding hydrogens is 362 g/mol. The number of benzene rings is 2. The van der Waals surface area contributed by atoms with Gasteiger partial charge in [0.05, 0.1) is 19.3 Å². The van der Waals surface area contributed by atoms with Crippen molar-refractivity contribution in [1.29, 1.82) is 0 Å². The third-order valence-corrected chi connectivity index (χ3v) is 3.82. The van der Waals surface area contributed by atoms with Crippen LogP contribution in [0.15, 0.2) is 42.5 Å². The van der Waals surface area contributed by atoms with Crippen LogP contribution >= 0.6 is 0 Å². The van der Waals surface area contributed by atoms with Gasteiger partial charge in [0.2, 0.25) is 0 Å². The van der Waals surface area contributed by atoms with Gasteiger partial charge in [0.1, 0.15) is 6.29 Å². The third-order valence-electron chi connectivity index (χ3n) is 3.82. The molecule has 2 aromatic carbocycles. The number of carbonyl (C=O) groups excluding carboxylic acids is 3. The SMILES string of the molecule is CCCCOC(=O)c1ccc(NC(=O)COc2ccc(C=O)cc2OC)cc1. The van der Waals surface area contributed by atoms with Gasteiger partial charge in [0, 0.05) is 11.3 Å². The topological polar surface area (TPSA) is 90.9 Å². The minimum Gasteiger partial charge on any atom is -0.493 e. The maximum Gasteiger partial charge on any atom is 0.338 e. The Bertz CT molecular complexity index is 816. The Kier molecular flexibility index (Phi) is 8.02. The number of rotatable bonds is 10. The number of ether oxygens (including phenoxy) is 3. The van der Waals surface area contributed by atoms with Crippen LogP contribution in [0.25, 0.3) is 0 Å². The monoisotopic (exact) mass is 385 g/mol. The van der Waals surface area contributed by atoms with Crippen molar-refractivity contribution in [1.82, 2.24) is 0 Å². The summed E-state index contributed by atoms with van der Waals surface area (Å²) in [6.45, 7) is 2.17. The maximum absolute atomic E-state index is 12.1. The van der Waals surface area contributed by atoms with E-state index in [9.17, 15) is 14.4 Å². The van der Waals surface area contributed by atoms with Crippen molar-refractivity contribution in [3.8, 4) is 11.5 Å². The van der Waals surface area contributed by atoms with Crippen LogP contribution in [0.2, 0.25) is 0 Å². The first-order chi connectivity index (χ1) is 13.6. The zero-order valence-electron chi connectivity index (χ0n) is 15.9. The fraction of sp³-hybridized carbons (Fsp3) is 0.286. The van der Waals surface area contributed by atoms with Crippen molar-refractivity contribution >= 4 is 23.9 Å². The van der Waals surface area contributed by atoms with Gasteiger partial charge in [0.25, 0.3) is 5.91 Å². The molecule has 7 nitrogen and oxygen atoms in total. The lowest BCUT2D eigenvalue weighted by atomic mass is 10.2. The fourth-order valence-corrected chi connectivity index (χ4v) is 2.30. The number of amides is 1. The van der Waals surface area contributed by atoms with Crippen molar-refractivity contribution < 1.29 is 28.6 Å². The standard InChI is InChI=1S/C21H23NO6/c1-3-4-11-27-21(25)16-6-8-17(9-7-16)22-20(24)14-28-18-10-5-15(13-23)12-19(18)26-2/h5-10,12-13H,3-4,11,14H2,1-2H3,(H,22,24). The van der Waals surface area contributed by atoms with E-state index in [1.807, 2.05) is 6.92 Å². The minimum absolute atomic E-state index is 0.238. The van der Waals surface area contributed by atoms with Gasteiger partial charge in [-0.1, -0.05) is 13.3 Å². The Morgan fingerprint density at radius 3 is 2.46 bits per heavy atom. The Morgan fingerprint density at radius 2 is 1.82 bits per heavy atom. The highest BCUT2D eigenvalue weighted by Gasteiger charge is 2.10. The lowest BCUT2D eigenvalue weighted by Gasteiger charge is -2.11. The van der Waals surface area contributed by atoms with Crippen LogP contribution in [-0.4, -0.2) is 38.5 Å². The van der Waals surface area contributed by atoms with E-state index in [2.05, 4.69) is 5.32 Å². The summed E-state index contributed by atoms with van der Waals surface area (Å²) in [7, 11) is 1.45. The first-order valence-electron chi connectivity index (χ1n) is 8.90. The first-order valence-corrected chi connectivity index (χ1v) is 8.90. The molecule has 0 spiro atoms. The number of hydrogen-bond acceptors (Lipinski definition) is 6. The number of carbonyl (C=O) groups is 3. The molecule has 0 aliphatic carbocycles. The smallest absolute Gasteiger partial charge is 0.338 e. The van der Waals surface area contributed by atoms with Gasteiger partial charge in [0.15, 0.2) is 18.1 Å². The summed E-state index contributed by atoms with van der Waals surface area (Å²) in [5, 5.41) is 2.68. The van der Waals surface area contributed by atoms with Crippen LogP contribution in [0, 0.1) is 0 Å². The molecule has 0 fully saturated rings. The molecular formula is C21H23NO6. The van der Waals surface area contributed by atoms with Gasteiger partial charge in [-0.2, -0.15) is 0 Å². The largest absolute Gasteiger partial charge is 0.493 e. The molecule has 0 aromatic heterocycles. The van der Waals surface area contributed by atoms with E-state index in [0.717, 1.165) is 12.8 Å². The van der Waals surface area contributed by atoms with Crippen molar-refractivity contribution in [2.75, 3.05) is 25.6 Å². The summed E-state index contributed by atoms with van der Waals surface area (Å²) >= 11 is 0. The normalized spacial score (nSPS) is 10.1. The van der Waals surface area contributed by atoms with Gasteiger partial charge in [-0.05, 0) is 48.9 Å². The molecule has 2 aromatic rings. The van der Waals surface area contributed by atoms with Crippen LogP contribution < -0.4 is 14.8 Å². The number of hydrogen-bond donors (Lipinski definition) is 1. The summed E-state index contributed by atoms with van der Waals surface area (Å²) in [5.74, 6) is -0.0444. The van der Waals surface area contributed by atoms with E-state index < -0.39 is 0 Å². The molecule has 0 atom stereocenters. The van der Waals surface area contributed by atoms with Crippen LogP contribution in [-0.2, 0) is 9.53 Å². The molecule has 0 aliphatic heterocycles. The quantitative estimate of drug-likeness (QED) is 0.382. The first kappa shape index (κ1) is 21.0. The highest BCUT2D eigenvalue weighted by molar-refractivity contribution is 5.93. The Balaban J connectivity index is 1.88. The highest BCUT2D eigenvalue weighted by atomic mass is 16.5. The maximum atomic E-state index is 12.1. The second kappa shape index (κ2) is 10.7. The predicted octanol–water partition coefficient (Wildman–Crippen LogP) is 3.48. The van der Waals surface area contributed by atoms with Crippen LogP contribution in [0.1, 0.15) is 40.5 Å². The predicted molar refractivity (Wildman–Crippen MR) is 104 cm³/mol. The van der Waals surface area contributed by atoms with Gasteiger partial charge in [-0.3, -0.25) is 9.59 Å². The van der Waals surface area contributed by atoms with E-state index in [0.29, 0.717) is 41.2 Å². The molecule has 7 heteroatoms. The third kappa shape index (κ3) is 6.12. The van der Waals surface area contributed by atoms with E-state index in [4.69, 9.17) is 14.2 Å². The number of unbranched alkanes of at least 4 members (excludes halogenated alkanes) is 1. The van der Waals surface area contributed by atoms with Crippen LogP contribution in [0.5, 0.6) is 11.5 Å². The summed E-state index contributed by atoms with van der Waals surface area (Å²) in [5.41, 5.74) is 1.40. The molecule has 1 N–H and O–H groups in total. The lowest BCUT2D eigenvalue weighted by molar-refractivity contribution is -0.118. The van der Waals surface area contributed by atoms with Crippen molar-refractivity contribution in [2.24, 2.45) is 0 Å². The molecule has 1 amide bonds. The van der Waals surface area contributed by atoms with E-state index in [-0.39, 0.29) is 18.5 Å². The van der Waals surface area contributed by atoms with Crippen LogP contribution in [0.3, 0.4) is 0 Å². The molecule has 0 radical (unpaired) electrons. The summed E-state index contributed by atoms with van der Waals surface area (Å²) < 4.78 is 15.7. The molecule has 0 saturated heterocycles. The second-order valence-electron chi connectivity index (χ2n) is 5.93. The molecule has 0 heterocycles. The van der Waals surface area contributed by atoms with E-state index in [1.165, 1.54) is 13.2 Å². The van der Waals surface area contributed by atoms with Crippen molar-refractivity contribution in [2.45, 2.75) is 19.8 Å². The summed E-state index contributed by atoms with van der Waals surface area (Å²) in [4.78, 5) is 34.7. The molecule has 0 unspecified atom stereocenters. The zero-order valence-corrected chi connectivity index (χ0v) is 15.9. The Hall–Kier alpha value is -3.35. The fourth-order valence-electron chi connectivity index (χ4n) is 2.30. The number of esters is 1. The average Bonchev–Trinajstić information content (AvgIpc) is 2.72. The van der Waals surface area contributed by atoms with E-state index in [1.54, 1.807) is 36.4 Å². The number of aldehydes is 1. The molecule has 148 valence electrons. The van der Waals surface area contributed by atoms with Gasteiger partial charge < -0.3 is 19.5 Å². The molecule has 0 bridgehead atoms. The second-order valence-corrected chi connectivity index (χ2v) is 5.93. The summed E-state index contributed by atoms with van der Waals surface area (Å²) in [6.07, 6.45) is 2.47. The summed E-state index contributed by atoms with van der Waals surface area (Å²) in [6, 6.07) is 11.1. The Labute approximate surface area is 163 Å². The van der Waals surface area contributed by atoms with Gasteiger partial charge >= 0.3 is 5.97 Å². The molecule has 0 saturated carbocycles. The minimum atomic E-state index is -0.388. The van der Waals surface area contributed by atoms with Gasteiger partial charge in [-0.15, -0.1) is 0 Å². The highest BCUT2D eigenvalue weighted by Crippen LogP contribution is 2.27. The average molecular weight is 385 g/mol. The van der Waals surface area contributed by atoms with Gasteiger partial charge in [-0.25, -0.2) is 4.79 Å². The zero-order chi connectivity index (χ0) is 20.4. The molecule has 28 heavy (non-hydrogen) atoms. The number of methoxy groups -OCH3 is 1. The lowest BCUT2D eigenvalue weighted by Crippen LogP contribution is -2.20. The number of anilines is 1. The van der Waals surface area contributed by atoms with E-state index >= 15 is 0 Å². The van der Waals surface area contributed by atoms with Crippen molar-refractivity contribution in [3.63, 3.8) is 0 Å². The van der Waals surface area contributed by atoms with Crippen LogP contribution in [0.4, 0.5) is 5.69 Å². The molecule has 0 aliphatic rings. The number of nitrogens with one attached hydrogen (secondary N) is 1.